The number of rotatable bonds is 3. The zero-order valence-corrected chi connectivity index (χ0v) is 23.0. The van der Waals surface area contributed by atoms with Crippen LogP contribution in [0.25, 0.3) is 32.9 Å². The van der Waals surface area contributed by atoms with E-state index in [1.54, 1.807) is 0 Å². The molecule has 1 aliphatic carbocycles. The monoisotopic (exact) mass is 523 g/mol. The highest BCUT2D eigenvalue weighted by molar-refractivity contribution is 6.10. The number of fused-ring (bicyclic) bond motifs is 6. The Morgan fingerprint density at radius 3 is 2.35 bits per heavy atom. The molecule has 2 aliphatic heterocycles. The molecule has 198 valence electrons. The van der Waals surface area contributed by atoms with Crippen LogP contribution in [0.2, 0.25) is 0 Å². The van der Waals surface area contributed by atoms with E-state index in [1.165, 1.54) is 55.2 Å². The molecular weight excluding hydrogens is 490 g/mol. The maximum atomic E-state index is 3.73. The molecule has 3 unspecified atom stereocenters. The SMILES string of the molecule is CN1NC(C2=CNC(n3c4ccccc4c4cc5c(cc43)C(C)(C)c3ccccc3-5)C=C2)NC1c1ccccc1. The summed E-state index contributed by atoms with van der Waals surface area (Å²) in [6.07, 6.45) is 6.85. The average Bonchev–Trinajstić information content (AvgIpc) is 3.61. The van der Waals surface area contributed by atoms with Crippen molar-refractivity contribution in [1.29, 1.82) is 0 Å². The van der Waals surface area contributed by atoms with E-state index in [4.69, 9.17) is 0 Å². The van der Waals surface area contributed by atoms with Gasteiger partial charge in [0.1, 0.15) is 12.3 Å². The Labute approximate surface area is 234 Å². The molecule has 40 heavy (non-hydrogen) atoms. The summed E-state index contributed by atoms with van der Waals surface area (Å²) in [4.78, 5) is 0. The Hall–Kier alpha value is -4.16. The van der Waals surface area contributed by atoms with Crippen molar-refractivity contribution in [3.8, 4) is 11.1 Å². The van der Waals surface area contributed by atoms with Crippen molar-refractivity contribution in [2.24, 2.45) is 0 Å². The van der Waals surface area contributed by atoms with E-state index in [0.29, 0.717) is 0 Å². The second-order valence-corrected chi connectivity index (χ2v) is 11.7. The zero-order chi connectivity index (χ0) is 27.0. The van der Waals surface area contributed by atoms with Crippen molar-refractivity contribution in [2.45, 2.75) is 37.8 Å². The van der Waals surface area contributed by atoms with E-state index in [0.717, 1.165) is 0 Å². The highest BCUT2D eigenvalue weighted by Crippen LogP contribution is 2.50. The molecule has 0 radical (unpaired) electrons. The van der Waals surface area contributed by atoms with Crippen LogP contribution in [0.5, 0.6) is 0 Å². The van der Waals surface area contributed by atoms with Crippen LogP contribution in [-0.4, -0.2) is 22.8 Å². The normalized spacial score (nSPS) is 23.3. The van der Waals surface area contributed by atoms with Crippen molar-refractivity contribution in [2.75, 3.05) is 7.05 Å². The standard InChI is InChI=1S/C35H33N5/c1-35(2)28-15-9-7-13-24(28)26-19-27-25-14-8-10-16-30(25)40(31(27)20-29(26)35)32-18-17-23(21-36-32)33-37-34(39(3)38-33)22-11-5-4-6-12-22/h4-21,32-34,36-38H,1-3H3. The van der Waals surface area contributed by atoms with Crippen molar-refractivity contribution in [1.82, 2.24) is 25.6 Å². The predicted molar refractivity (Wildman–Crippen MR) is 163 cm³/mol. The number of para-hydroxylation sites is 1. The molecule has 5 heteroatoms. The number of hydrazine groups is 1. The number of hydrogen-bond donors (Lipinski definition) is 3. The molecule has 8 rings (SSSR count). The van der Waals surface area contributed by atoms with Gasteiger partial charge in [-0.1, -0.05) is 92.7 Å². The number of nitrogens with zero attached hydrogens (tertiary/aromatic N) is 2. The van der Waals surface area contributed by atoms with Gasteiger partial charge >= 0.3 is 0 Å². The van der Waals surface area contributed by atoms with Gasteiger partial charge in [0.15, 0.2) is 0 Å². The third-order valence-corrected chi connectivity index (χ3v) is 9.08. The Bertz CT molecular complexity index is 1840. The minimum Gasteiger partial charge on any atom is -0.367 e. The van der Waals surface area contributed by atoms with E-state index in [1.807, 2.05) is 0 Å². The van der Waals surface area contributed by atoms with Gasteiger partial charge in [-0.2, -0.15) is 0 Å². The van der Waals surface area contributed by atoms with Crippen LogP contribution in [0.3, 0.4) is 0 Å². The van der Waals surface area contributed by atoms with Crippen LogP contribution >= 0.6 is 0 Å². The largest absolute Gasteiger partial charge is 0.367 e. The molecule has 0 amide bonds. The van der Waals surface area contributed by atoms with E-state index < -0.39 is 0 Å². The number of dihydropyridines is 1. The van der Waals surface area contributed by atoms with Crippen LogP contribution < -0.4 is 16.1 Å². The number of benzene rings is 4. The molecule has 1 saturated heterocycles. The maximum Gasteiger partial charge on any atom is 0.123 e. The Morgan fingerprint density at radius 2 is 1.52 bits per heavy atom. The fourth-order valence-corrected chi connectivity index (χ4v) is 7.03. The van der Waals surface area contributed by atoms with Crippen LogP contribution in [0.15, 0.2) is 115 Å². The van der Waals surface area contributed by atoms with E-state index in [-0.39, 0.29) is 23.9 Å². The third-order valence-electron chi connectivity index (χ3n) is 9.08. The highest BCUT2D eigenvalue weighted by atomic mass is 15.6. The van der Waals surface area contributed by atoms with Crippen molar-refractivity contribution in [3.05, 3.63) is 132 Å². The number of nitrogens with one attached hydrogen (secondary N) is 3. The van der Waals surface area contributed by atoms with E-state index >= 15 is 0 Å². The highest BCUT2D eigenvalue weighted by Gasteiger charge is 2.36. The van der Waals surface area contributed by atoms with Crippen molar-refractivity contribution >= 4 is 21.8 Å². The van der Waals surface area contributed by atoms with Crippen LogP contribution in [0, 0.1) is 0 Å². The summed E-state index contributed by atoms with van der Waals surface area (Å²) >= 11 is 0. The first kappa shape index (κ1) is 23.7. The fourth-order valence-electron chi connectivity index (χ4n) is 7.03. The lowest BCUT2D eigenvalue weighted by molar-refractivity contribution is 0.228. The first-order valence-corrected chi connectivity index (χ1v) is 14.1. The minimum atomic E-state index is -0.0363. The summed E-state index contributed by atoms with van der Waals surface area (Å²) in [5.41, 5.74) is 14.0. The van der Waals surface area contributed by atoms with Crippen LogP contribution in [0.4, 0.5) is 0 Å². The summed E-state index contributed by atoms with van der Waals surface area (Å²) in [5, 5.41) is 12.2. The molecule has 0 bridgehead atoms. The average molecular weight is 524 g/mol. The topological polar surface area (TPSA) is 44.3 Å². The first-order chi connectivity index (χ1) is 19.5. The quantitative estimate of drug-likeness (QED) is 0.246. The molecule has 3 N–H and O–H groups in total. The zero-order valence-electron chi connectivity index (χ0n) is 23.0. The van der Waals surface area contributed by atoms with E-state index in [2.05, 4.69) is 156 Å². The smallest absolute Gasteiger partial charge is 0.123 e. The fraction of sp³-hybridized carbons (Fsp3) is 0.200. The summed E-state index contributed by atoms with van der Waals surface area (Å²) in [6, 6.07) is 33.1. The van der Waals surface area contributed by atoms with Gasteiger partial charge < -0.3 is 9.88 Å². The van der Waals surface area contributed by atoms with Gasteiger partial charge in [0.25, 0.3) is 0 Å². The minimum absolute atomic E-state index is 0.0140. The van der Waals surface area contributed by atoms with Gasteiger partial charge in [0.2, 0.25) is 0 Å². The molecule has 5 nitrogen and oxygen atoms in total. The number of aromatic nitrogens is 1. The molecular formula is C35H33N5. The lowest BCUT2D eigenvalue weighted by Gasteiger charge is -2.25. The molecule has 1 fully saturated rings. The van der Waals surface area contributed by atoms with Crippen LogP contribution in [0.1, 0.15) is 42.9 Å². The molecule has 0 spiro atoms. The molecule has 0 saturated carbocycles. The Balaban J connectivity index is 1.17. The van der Waals surface area contributed by atoms with Crippen molar-refractivity contribution < 1.29 is 0 Å². The van der Waals surface area contributed by atoms with Gasteiger partial charge in [-0.25, -0.2) is 10.4 Å². The lowest BCUT2D eigenvalue weighted by Crippen LogP contribution is -2.37. The van der Waals surface area contributed by atoms with Gasteiger partial charge in [-0.15, -0.1) is 0 Å². The molecule has 3 heterocycles. The van der Waals surface area contributed by atoms with Gasteiger partial charge in [0.05, 0.1) is 17.2 Å². The number of hydrogen-bond acceptors (Lipinski definition) is 4. The molecule has 1 aromatic heterocycles. The summed E-state index contributed by atoms with van der Waals surface area (Å²) in [7, 11) is 2.09. The van der Waals surface area contributed by atoms with E-state index in [9.17, 15) is 0 Å². The summed E-state index contributed by atoms with van der Waals surface area (Å²) < 4.78 is 2.46. The third kappa shape index (κ3) is 3.38. The molecule has 4 aromatic carbocycles. The maximum absolute atomic E-state index is 3.73. The predicted octanol–water partition coefficient (Wildman–Crippen LogP) is 6.71. The van der Waals surface area contributed by atoms with Gasteiger partial charge in [-0.05, 0) is 52.1 Å². The molecule has 3 atom stereocenters. The second-order valence-electron chi connectivity index (χ2n) is 11.7. The van der Waals surface area contributed by atoms with Crippen molar-refractivity contribution in [3.63, 3.8) is 0 Å². The Kier molecular flexibility index (Phi) is 5.14. The Morgan fingerprint density at radius 1 is 0.750 bits per heavy atom. The van der Waals surface area contributed by atoms with Gasteiger partial charge in [-0.3, -0.25) is 5.32 Å². The molecule has 5 aromatic rings. The first-order valence-electron chi connectivity index (χ1n) is 14.1. The molecule has 3 aliphatic rings. The summed E-state index contributed by atoms with van der Waals surface area (Å²) in [5.74, 6) is 0. The summed E-state index contributed by atoms with van der Waals surface area (Å²) in [6.45, 7) is 4.71. The second kappa shape index (κ2) is 8.67. The van der Waals surface area contributed by atoms with Gasteiger partial charge in [0, 0.05) is 35.0 Å². The van der Waals surface area contributed by atoms with Crippen LogP contribution in [-0.2, 0) is 5.41 Å². The lowest BCUT2D eigenvalue weighted by atomic mass is 9.82.